The van der Waals surface area contributed by atoms with E-state index >= 15 is 0 Å². The molecular weight excluding hydrogens is 402 g/mol. The summed E-state index contributed by atoms with van der Waals surface area (Å²) >= 11 is 0. The second-order valence-corrected chi connectivity index (χ2v) is 9.35. The number of rotatable bonds is 8. The molecule has 0 spiro atoms. The van der Waals surface area contributed by atoms with Gasteiger partial charge in [0, 0.05) is 12.1 Å². The summed E-state index contributed by atoms with van der Waals surface area (Å²) in [6.45, 7) is 8.86. The van der Waals surface area contributed by atoms with Gasteiger partial charge in [0.15, 0.2) is 0 Å². The molecule has 2 aromatic carbocycles. The predicted molar refractivity (Wildman–Crippen MR) is 127 cm³/mol. The van der Waals surface area contributed by atoms with Gasteiger partial charge in [-0.05, 0) is 66.7 Å². The number of likely N-dealkylation sites (tertiary alicyclic amines) is 1. The van der Waals surface area contributed by atoms with Crippen molar-refractivity contribution in [1.29, 1.82) is 0 Å². The first kappa shape index (κ1) is 23.8. The fourth-order valence-electron chi connectivity index (χ4n) is 4.02. The van der Waals surface area contributed by atoms with Crippen LogP contribution in [0.2, 0.25) is 0 Å². The number of ether oxygens (including phenoxy) is 1. The highest BCUT2D eigenvalue weighted by atomic mass is 16.5. The van der Waals surface area contributed by atoms with Crippen LogP contribution in [0.1, 0.15) is 61.1 Å². The number of benzene rings is 2. The van der Waals surface area contributed by atoms with Gasteiger partial charge in [-0.2, -0.15) is 0 Å². The first-order valence-electron chi connectivity index (χ1n) is 11.3. The monoisotopic (exact) mass is 437 g/mol. The lowest BCUT2D eigenvalue weighted by molar-refractivity contribution is -0.120. The van der Waals surface area contributed by atoms with Crippen molar-refractivity contribution in [2.24, 2.45) is 0 Å². The molecule has 1 unspecified atom stereocenters. The maximum absolute atomic E-state index is 12.5. The molecule has 1 heterocycles. The maximum Gasteiger partial charge on any atom is 0.251 e. The number of nitrogens with one attached hydrogen (secondary N) is 2. The van der Waals surface area contributed by atoms with Crippen molar-refractivity contribution in [2.45, 2.75) is 45.1 Å². The van der Waals surface area contributed by atoms with Crippen molar-refractivity contribution in [3.63, 3.8) is 0 Å². The number of hydrogen-bond donors (Lipinski definition) is 2. The zero-order chi connectivity index (χ0) is 23.1. The molecule has 2 N–H and O–H groups in total. The minimum atomic E-state index is -0.246. The van der Waals surface area contributed by atoms with E-state index in [1.165, 1.54) is 12.8 Å². The average Bonchev–Trinajstić information content (AvgIpc) is 3.32. The minimum Gasteiger partial charge on any atom is -0.497 e. The second kappa shape index (κ2) is 10.6. The highest BCUT2D eigenvalue weighted by molar-refractivity contribution is 5.96. The summed E-state index contributed by atoms with van der Waals surface area (Å²) in [5.74, 6) is 0.365. The van der Waals surface area contributed by atoms with Gasteiger partial charge >= 0.3 is 0 Å². The van der Waals surface area contributed by atoms with Gasteiger partial charge in [0.25, 0.3) is 5.91 Å². The van der Waals surface area contributed by atoms with E-state index in [0.29, 0.717) is 12.1 Å². The summed E-state index contributed by atoms with van der Waals surface area (Å²) in [5.41, 5.74) is 2.87. The van der Waals surface area contributed by atoms with Crippen molar-refractivity contribution in [3.05, 3.63) is 65.2 Å². The second-order valence-electron chi connectivity index (χ2n) is 9.35. The van der Waals surface area contributed by atoms with Crippen LogP contribution in [0.3, 0.4) is 0 Å². The molecule has 32 heavy (non-hydrogen) atoms. The van der Waals surface area contributed by atoms with Crippen molar-refractivity contribution in [3.8, 4) is 5.75 Å². The number of hydrogen-bond acceptors (Lipinski definition) is 4. The lowest BCUT2D eigenvalue weighted by atomic mass is 9.87. The van der Waals surface area contributed by atoms with Gasteiger partial charge < -0.3 is 15.4 Å². The summed E-state index contributed by atoms with van der Waals surface area (Å²) < 4.78 is 5.37. The molecule has 2 amide bonds. The molecule has 1 fully saturated rings. The SMILES string of the molecule is COc1cccc(C(CNC(=O)CNC(=O)c2ccc(C(C)(C)C)cc2)N2CCCC2)c1. The van der Waals surface area contributed by atoms with Gasteiger partial charge in [-0.15, -0.1) is 0 Å². The number of amides is 2. The van der Waals surface area contributed by atoms with Crippen LogP contribution in [-0.4, -0.2) is 50.0 Å². The van der Waals surface area contributed by atoms with E-state index in [2.05, 4.69) is 42.4 Å². The van der Waals surface area contributed by atoms with Crippen LogP contribution in [0.25, 0.3) is 0 Å². The lowest BCUT2D eigenvalue weighted by Gasteiger charge is -2.28. The summed E-state index contributed by atoms with van der Waals surface area (Å²) in [6.07, 6.45) is 2.33. The summed E-state index contributed by atoms with van der Waals surface area (Å²) in [4.78, 5) is 27.3. The Morgan fingerprint density at radius 3 is 2.34 bits per heavy atom. The third-order valence-electron chi connectivity index (χ3n) is 5.98. The van der Waals surface area contributed by atoms with E-state index in [1.807, 2.05) is 30.3 Å². The first-order valence-corrected chi connectivity index (χ1v) is 11.3. The highest BCUT2D eigenvalue weighted by Crippen LogP contribution is 2.27. The van der Waals surface area contributed by atoms with E-state index in [-0.39, 0.29) is 29.8 Å². The molecule has 0 aliphatic carbocycles. The van der Waals surface area contributed by atoms with Crippen molar-refractivity contribution >= 4 is 11.8 Å². The van der Waals surface area contributed by atoms with E-state index in [9.17, 15) is 9.59 Å². The average molecular weight is 438 g/mol. The quantitative estimate of drug-likeness (QED) is 0.661. The van der Waals surface area contributed by atoms with Crippen molar-refractivity contribution in [2.75, 3.05) is 33.3 Å². The zero-order valence-electron chi connectivity index (χ0n) is 19.6. The topological polar surface area (TPSA) is 70.7 Å². The molecule has 6 nitrogen and oxygen atoms in total. The van der Waals surface area contributed by atoms with Gasteiger partial charge in [0.05, 0.1) is 19.7 Å². The third kappa shape index (κ3) is 6.33. The predicted octanol–water partition coefficient (Wildman–Crippen LogP) is 3.68. The number of nitrogens with zero attached hydrogens (tertiary/aromatic N) is 1. The Morgan fingerprint density at radius 1 is 1.03 bits per heavy atom. The van der Waals surface area contributed by atoms with Crippen molar-refractivity contribution in [1.82, 2.24) is 15.5 Å². The molecule has 0 bridgehead atoms. The fourth-order valence-corrected chi connectivity index (χ4v) is 4.02. The van der Waals surface area contributed by atoms with Crippen LogP contribution in [-0.2, 0) is 10.2 Å². The van der Waals surface area contributed by atoms with E-state index in [0.717, 1.165) is 30.0 Å². The summed E-state index contributed by atoms with van der Waals surface area (Å²) in [7, 11) is 1.66. The Hall–Kier alpha value is -2.86. The van der Waals surface area contributed by atoms with Crippen molar-refractivity contribution < 1.29 is 14.3 Å². The Kier molecular flexibility index (Phi) is 7.91. The number of methoxy groups -OCH3 is 1. The minimum absolute atomic E-state index is 0.0313. The highest BCUT2D eigenvalue weighted by Gasteiger charge is 2.24. The molecule has 0 saturated carbocycles. The molecule has 6 heteroatoms. The van der Waals surface area contributed by atoms with E-state index in [4.69, 9.17) is 4.74 Å². The molecule has 1 atom stereocenters. The first-order chi connectivity index (χ1) is 15.3. The summed E-state index contributed by atoms with van der Waals surface area (Å²) in [5, 5.41) is 5.72. The lowest BCUT2D eigenvalue weighted by Crippen LogP contribution is -2.41. The van der Waals surface area contributed by atoms with E-state index in [1.54, 1.807) is 19.2 Å². The molecule has 172 valence electrons. The van der Waals surface area contributed by atoms with Crippen LogP contribution in [0.15, 0.2) is 48.5 Å². The smallest absolute Gasteiger partial charge is 0.251 e. The van der Waals surface area contributed by atoms with E-state index < -0.39 is 0 Å². The molecule has 1 saturated heterocycles. The molecule has 0 radical (unpaired) electrons. The molecule has 0 aromatic heterocycles. The Bertz CT molecular complexity index is 913. The number of carbonyl (C=O) groups is 2. The number of carbonyl (C=O) groups excluding carboxylic acids is 2. The molecule has 1 aliphatic rings. The Labute approximate surface area is 191 Å². The maximum atomic E-state index is 12.5. The molecule has 3 rings (SSSR count). The van der Waals surface area contributed by atoms with Crippen LogP contribution >= 0.6 is 0 Å². The fraction of sp³-hybridized carbons (Fsp3) is 0.462. The Morgan fingerprint density at radius 2 is 1.72 bits per heavy atom. The standard InChI is InChI=1S/C26H35N3O3/c1-26(2,3)21-12-10-19(11-13-21)25(31)28-18-24(30)27-17-23(29-14-5-6-15-29)20-8-7-9-22(16-20)32-4/h7-13,16,23H,5-6,14-15,17-18H2,1-4H3,(H,27,30)(H,28,31). The van der Waals surface area contributed by atoms with Crippen LogP contribution in [0.5, 0.6) is 5.75 Å². The Balaban J connectivity index is 1.55. The van der Waals surface area contributed by atoms with Gasteiger partial charge in [-0.1, -0.05) is 45.0 Å². The molecule has 2 aromatic rings. The van der Waals surface area contributed by atoms with Gasteiger partial charge in [0.2, 0.25) is 5.91 Å². The van der Waals surface area contributed by atoms with Crippen LogP contribution < -0.4 is 15.4 Å². The summed E-state index contributed by atoms with van der Waals surface area (Å²) in [6, 6.07) is 15.6. The third-order valence-corrected chi connectivity index (χ3v) is 5.98. The molecule has 1 aliphatic heterocycles. The molecular formula is C26H35N3O3. The largest absolute Gasteiger partial charge is 0.497 e. The van der Waals surface area contributed by atoms with Gasteiger partial charge in [-0.3, -0.25) is 14.5 Å². The van der Waals surface area contributed by atoms with Crippen LogP contribution in [0.4, 0.5) is 0 Å². The normalized spacial score (nSPS) is 15.2. The van der Waals surface area contributed by atoms with Crippen LogP contribution in [0, 0.1) is 0 Å². The van der Waals surface area contributed by atoms with Gasteiger partial charge in [-0.25, -0.2) is 0 Å². The zero-order valence-corrected chi connectivity index (χ0v) is 19.6. The van der Waals surface area contributed by atoms with Gasteiger partial charge in [0.1, 0.15) is 5.75 Å².